The van der Waals surface area contributed by atoms with Gasteiger partial charge in [0.15, 0.2) is 0 Å². The highest BCUT2D eigenvalue weighted by Gasteiger charge is 2.36. The molecule has 1 saturated heterocycles. The minimum absolute atomic E-state index is 0.0462. The van der Waals surface area contributed by atoms with Crippen LogP contribution in [0, 0.1) is 18.8 Å². The molecule has 1 heterocycles. The minimum atomic E-state index is -3.87. The van der Waals surface area contributed by atoms with Crippen molar-refractivity contribution in [3.63, 3.8) is 0 Å². The van der Waals surface area contributed by atoms with Gasteiger partial charge in [0, 0.05) is 18.7 Å². The average Bonchev–Trinajstić information content (AvgIpc) is 2.46. The van der Waals surface area contributed by atoms with Crippen LogP contribution in [-0.2, 0) is 14.8 Å². The highest BCUT2D eigenvalue weighted by molar-refractivity contribution is 7.89. The van der Waals surface area contributed by atoms with Crippen LogP contribution in [0.3, 0.4) is 0 Å². The van der Waals surface area contributed by atoms with E-state index in [0.29, 0.717) is 12.0 Å². The molecule has 126 valence electrons. The summed E-state index contributed by atoms with van der Waals surface area (Å²) in [6.07, 6.45) is 0.446. The highest BCUT2D eigenvalue weighted by atomic mass is 32.2. The second kappa shape index (κ2) is 6.29. The summed E-state index contributed by atoms with van der Waals surface area (Å²) >= 11 is 0. The molecule has 3 N–H and O–H groups in total. The van der Waals surface area contributed by atoms with E-state index >= 15 is 0 Å². The quantitative estimate of drug-likeness (QED) is 0.841. The normalized spacial score (nSPS) is 22.7. The number of sulfonamides is 1. The number of rotatable bonds is 4. The Morgan fingerprint density at radius 2 is 1.96 bits per heavy atom. The molecule has 7 nitrogen and oxygen atoms in total. The Morgan fingerprint density at radius 3 is 2.52 bits per heavy atom. The van der Waals surface area contributed by atoms with Crippen molar-refractivity contribution in [2.24, 2.45) is 17.6 Å². The molecule has 0 aliphatic carbocycles. The molecule has 8 heteroatoms. The Hall–Kier alpha value is -1.93. The van der Waals surface area contributed by atoms with Crippen LogP contribution in [0.1, 0.15) is 29.3 Å². The molecule has 0 bridgehead atoms. The van der Waals surface area contributed by atoms with E-state index in [9.17, 15) is 23.1 Å². The van der Waals surface area contributed by atoms with Crippen molar-refractivity contribution in [3.8, 4) is 0 Å². The number of carboxylic acids is 1. The lowest BCUT2D eigenvalue weighted by Crippen LogP contribution is -2.45. The third-order valence-electron chi connectivity index (χ3n) is 4.09. The van der Waals surface area contributed by atoms with E-state index in [1.807, 2.05) is 6.92 Å². The lowest BCUT2D eigenvalue weighted by Gasteiger charge is -2.33. The van der Waals surface area contributed by atoms with Gasteiger partial charge in [-0.05, 0) is 37.0 Å². The third kappa shape index (κ3) is 3.53. The number of benzene rings is 1. The Balaban J connectivity index is 2.40. The van der Waals surface area contributed by atoms with Crippen molar-refractivity contribution >= 4 is 21.9 Å². The van der Waals surface area contributed by atoms with Gasteiger partial charge in [-0.3, -0.25) is 9.59 Å². The molecule has 1 aliphatic rings. The summed E-state index contributed by atoms with van der Waals surface area (Å²) in [6, 6.07) is 4.18. The number of primary amides is 1. The van der Waals surface area contributed by atoms with Crippen LogP contribution in [0.15, 0.2) is 23.1 Å². The Morgan fingerprint density at radius 1 is 1.30 bits per heavy atom. The number of hydrogen-bond donors (Lipinski definition) is 2. The molecule has 0 aromatic heterocycles. The first kappa shape index (κ1) is 17.4. The second-order valence-corrected chi connectivity index (χ2v) is 7.98. The summed E-state index contributed by atoms with van der Waals surface area (Å²) < 4.78 is 26.7. The fourth-order valence-corrected chi connectivity index (χ4v) is 4.49. The number of amides is 1. The molecule has 0 radical (unpaired) electrons. The lowest BCUT2D eigenvalue weighted by atomic mass is 9.92. The van der Waals surface area contributed by atoms with Crippen LogP contribution in [-0.4, -0.2) is 42.8 Å². The van der Waals surface area contributed by atoms with Crippen molar-refractivity contribution < 1.29 is 23.1 Å². The number of aliphatic carboxylic acids is 1. The molecule has 1 amide bonds. The molecule has 1 aromatic carbocycles. The summed E-state index contributed by atoms with van der Waals surface area (Å²) in [5, 5.41) is 9.18. The zero-order valence-corrected chi connectivity index (χ0v) is 13.8. The molecule has 2 rings (SSSR count). The maximum Gasteiger partial charge on any atom is 0.307 e. The van der Waals surface area contributed by atoms with Gasteiger partial charge in [0.2, 0.25) is 15.9 Å². The molecule has 1 fully saturated rings. The third-order valence-corrected chi connectivity index (χ3v) is 5.92. The molecule has 1 aliphatic heterocycles. The minimum Gasteiger partial charge on any atom is -0.481 e. The van der Waals surface area contributed by atoms with E-state index in [2.05, 4.69) is 0 Å². The number of aryl methyl sites for hydroxylation is 1. The van der Waals surface area contributed by atoms with E-state index in [0.717, 1.165) is 0 Å². The number of nitrogens with zero attached hydrogens (tertiary/aromatic N) is 1. The maximum absolute atomic E-state index is 12.8. The molecule has 1 aromatic rings. The first-order chi connectivity index (χ1) is 10.6. The van der Waals surface area contributed by atoms with Crippen LogP contribution in [0.5, 0.6) is 0 Å². The highest BCUT2D eigenvalue weighted by Crippen LogP contribution is 2.28. The standard InChI is InChI=1S/C15H20N2O5S/c1-9-5-11(15(19)20)8-17(7-9)23(21,22)12-4-3-10(2)13(6-12)14(16)18/h3-4,6,9,11H,5,7-8H2,1-2H3,(H2,16,18)(H,19,20). The zero-order chi connectivity index (χ0) is 17.4. The fraction of sp³-hybridized carbons (Fsp3) is 0.467. The Kier molecular flexibility index (Phi) is 4.76. The number of piperidine rings is 1. The van der Waals surface area contributed by atoms with Crippen molar-refractivity contribution in [3.05, 3.63) is 29.3 Å². The van der Waals surface area contributed by atoms with Crippen molar-refractivity contribution in [1.29, 1.82) is 0 Å². The van der Waals surface area contributed by atoms with Gasteiger partial charge in [0.1, 0.15) is 0 Å². The topological polar surface area (TPSA) is 118 Å². The lowest BCUT2D eigenvalue weighted by molar-refractivity contribution is -0.143. The van der Waals surface area contributed by atoms with Crippen LogP contribution < -0.4 is 5.73 Å². The van der Waals surface area contributed by atoms with E-state index < -0.39 is 27.8 Å². The fourth-order valence-electron chi connectivity index (χ4n) is 2.85. The summed E-state index contributed by atoms with van der Waals surface area (Å²) in [5.41, 5.74) is 6.00. The smallest absolute Gasteiger partial charge is 0.307 e. The van der Waals surface area contributed by atoms with E-state index in [4.69, 9.17) is 5.73 Å². The van der Waals surface area contributed by atoms with Crippen molar-refractivity contribution in [2.45, 2.75) is 25.2 Å². The van der Waals surface area contributed by atoms with Gasteiger partial charge in [-0.2, -0.15) is 4.31 Å². The maximum atomic E-state index is 12.8. The van der Waals surface area contributed by atoms with Gasteiger partial charge in [0.05, 0.1) is 10.8 Å². The van der Waals surface area contributed by atoms with Gasteiger partial charge in [0.25, 0.3) is 0 Å². The summed E-state index contributed by atoms with van der Waals surface area (Å²) in [6.45, 7) is 3.68. The summed E-state index contributed by atoms with van der Waals surface area (Å²) in [4.78, 5) is 22.6. The second-order valence-electron chi connectivity index (χ2n) is 6.04. The molecule has 2 unspecified atom stereocenters. The van der Waals surface area contributed by atoms with Gasteiger partial charge in [-0.15, -0.1) is 0 Å². The first-order valence-electron chi connectivity index (χ1n) is 7.26. The van der Waals surface area contributed by atoms with Gasteiger partial charge in [-0.1, -0.05) is 13.0 Å². The molecule has 0 saturated carbocycles. The SMILES string of the molecule is Cc1ccc(S(=O)(=O)N2CC(C)CC(C(=O)O)C2)cc1C(N)=O. The number of carbonyl (C=O) groups is 2. The first-order valence-corrected chi connectivity index (χ1v) is 8.70. The molecular weight excluding hydrogens is 320 g/mol. The molecule has 0 spiro atoms. The van der Waals surface area contributed by atoms with Gasteiger partial charge >= 0.3 is 5.97 Å². The predicted octanol–water partition coefficient (Wildman–Crippen LogP) is 0.825. The Bertz CT molecular complexity index is 744. The van der Waals surface area contributed by atoms with Crippen LogP contribution >= 0.6 is 0 Å². The number of carbonyl (C=O) groups excluding carboxylic acids is 1. The van der Waals surface area contributed by atoms with Crippen LogP contribution in [0.4, 0.5) is 0 Å². The Labute approximate surface area is 135 Å². The van der Waals surface area contributed by atoms with Gasteiger partial charge in [-0.25, -0.2) is 8.42 Å². The summed E-state index contributed by atoms with van der Waals surface area (Å²) in [5.74, 6) is -2.48. The largest absolute Gasteiger partial charge is 0.481 e. The monoisotopic (exact) mass is 340 g/mol. The summed E-state index contributed by atoms with van der Waals surface area (Å²) in [7, 11) is -3.87. The molecule has 23 heavy (non-hydrogen) atoms. The number of carboxylic acid groups (broad SMARTS) is 1. The average molecular weight is 340 g/mol. The van der Waals surface area contributed by atoms with E-state index in [1.54, 1.807) is 6.92 Å². The number of nitrogens with two attached hydrogens (primary N) is 1. The molecular formula is C15H20N2O5S. The van der Waals surface area contributed by atoms with Crippen LogP contribution in [0.25, 0.3) is 0 Å². The van der Waals surface area contributed by atoms with E-state index in [-0.39, 0.29) is 29.5 Å². The van der Waals surface area contributed by atoms with Crippen molar-refractivity contribution in [1.82, 2.24) is 4.31 Å². The molecule has 2 atom stereocenters. The van der Waals surface area contributed by atoms with E-state index in [1.165, 1.54) is 22.5 Å². The van der Waals surface area contributed by atoms with Crippen molar-refractivity contribution in [2.75, 3.05) is 13.1 Å². The number of hydrogen-bond acceptors (Lipinski definition) is 4. The van der Waals surface area contributed by atoms with Crippen LogP contribution in [0.2, 0.25) is 0 Å². The van der Waals surface area contributed by atoms with Gasteiger partial charge < -0.3 is 10.8 Å². The predicted molar refractivity (Wildman–Crippen MR) is 83.4 cm³/mol. The zero-order valence-electron chi connectivity index (χ0n) is 13.0.